The molecule has 2 heterocycles. The topological polar surface area (TPSA) is 92.9 Å². The van der Waals surface area contributed by atoms with Gasteiger partial charge in [-0.1, -0.05) is 17.3 Å². The SMILES string of the molecule is Cc1cc(N2C(=O)C(=O)/C(=C(\O)c3ccc(OC(C)C)cc3)C2c2ccc(F)cc2)no1. The lowest BCUT2D eigenvalue weighted by molar-refractivity contribution is -0.132. The fourth-order valence-corrected chi connectivity index (χ4v) is 3.62. The highest BCUT2D eigenvalue weighted by Gasteiger charge is 2.48. The van der Waals surface area contributed by atoms with E-state index in [0.717, 1.165) is 4.90 Å². The zero-order valence-electron chi connectivity index (χ0n) is 17.7. The van der Waals surface area contributed by atoms with Crippen LogP contribution in [0.25, 0.3) is 5.76 Å². The predicted molar refractivity (Wildman–Crippen MR) is 115 cm³/mol. The van der Waals surface area contributed by atoms with E-state index in [-0.39, 0.29) is 23.3 Å². The first kappa shape index (κ1) is 21.3. The van der Waals surface area contributed by atoms with Gasteiger partial charge in [-0.15, -0.1) is 0 Å². The van der Waals surface area contributed by atoms with Gasteiger partial charge in [-0.3, -0.25) is 14.5 Å². The number of carbonyl (C=O) groups is 2. The standard InChI is InChI=1S/C24H21FN2O5/c1-13(2)31-18-10-6-16(7-11-18)22(28)20-21(15-4-8-17(25)9-5-15)27(24(30)23(20)29)19-12-14(3)32-26-19/h4-13,21,28H,1-3H3/b22-20-. The molecule has 1 saturated heterocycles. The molecule has 1 aliphatic heterocycles. The summed E-state index contributed by atoms with van der Waals surface area (Å²) in [7, 11) is 0. The molecule has 8 heteroatoms. The van der Waals surface area contributed by atoms with E-state index < -0.39 is 23.5 Å². The number of halogens is 1. The van der Waals surface area contributed by atoms with Crippen molar-refractivity contribution in [2.75, 3.05) is 4.90 Å². The number of aliphatic hydroxyl groups excluding tert-OH is 1. The first-order valence-electron chi connectivity index (χ1n) is 10.0. The molecule has 7 nitrogen and oxygen atoms in total. The third kappa shape index (κ3) is 3.87. The first-order valence-corrected chi connectivity index (χ1v) is 10.0. The van der Waals surface area contributed by atoms with E-state index in [0.29, 0.717) is 22.6 Å². The number of ketones is 1. The van der Waals surface area contributed by atoms with E-state index in [2.05, 4.69) is 5.16 Å². The number of hydrogen-bond acceptors (Lipinski definition) is 6. The van der Waals surface area contributed by atoms with Crippen molar-refractivity contribution in [1.29, 1.82) is 0 Å². The molecule has 1 aromatic heterocycles. The van der Waals surface area contributed by atoms with Crippen LogP contribution in [-0.2, 0) is 9.59 Å². The van der Waals surface area contributed by atoms with E-state index in [1.54, 1.807) is 31.2 Å². The number of aliphatic hydroxyl groups is 1. The van der Waals surface area contributed by atoms with E-state index >= 15 is 0 Å². The Kier molecular flexibility index (Phi) is 5.52. The second-order valence-electron chi connectivity index (χ2n) is 7.71. The van der Waals surface area contributed by atoms with Gasteiger partial charge in [0.05, 0.1) is 17.7 Å². The Morgan fingerprint density at radius 1 is 1.12 bits per heavy atom. The molecule has 3 aromatic rings. The van der Waals surface area contributed by atoms with Gasteiger partial charge < -0.3 is 14.4 Å². The third-order valence-electron chi connectivity index (χ3n) is 4.99. The van der Waals surface area contributed by atoms with Crippen LogP contribution in [0.3, 0.4) is 0 Å². The Balaban J connectivity index is 1.85. The van der Waals surface area contributed by atoms with Gasteiger partial charge in [0, 0.05) is 11.6 Å². The summed E-state index contributed by atoms with van der Waals surface area (Å²) in [4.78, 5) is 27.1. The summed E-state index contributed by atoms with van der Waals surface area (Å²) in [6.45, 7) is 5.44. The first-order chi connectivity index (χ1) is 15.3. The summed E-state index contributed by atoms with van der Waals surface area (Å²) in [6, 6.07) is 12.4. The number of amides is 1. The summed E-state index contributed by atoms with van der Waals surface area (Å²) in [6.07, 6.45) is -0.0239. The van der Waals surface area contributed by atoms with Crippen LogP contribution in [0, 0.1) is 12.7 Å². The fourth-order valence-electron chi connectivity index (χ4n) is 3.62. The zero-order chi connectivity index (χ0) is 23.0. The second-order valence-corrected chi connectivity index (χ2v) is 7.71. The minimum Gasteiger partial charge on any atom is -0.507 e. The molecule has 164 valence electrons. The van der Waals surface area contributed by atoms with Crippen LogP contribution in [0.4, 0.5) is 10.2 Å². The number of anilines is 1. The molecule has 0 radical (unpaired) electrons. The normalized spacial score (nSPS) is 17.9. The minimum atomic E-state index is -1.01. The molecule has 4 rings (SSSR count). The van der Waals surface area contributed by atoms with Gasteiger partial charge in [-0.05, 0) is 62.7 Å². The summed E-state index contributed by atoms with van der Waals surface area (Å²) < 4.78 is 24.2. The molecule has 1 aliphatic rings. The Bertz CT molecular complexity index is 1200. The van der Waals surface area contributed by atoms with Crippen molar-refractivity contribution in [3.8, 4) is 5.75 Å². The van der Waals surface area contributed by atoms with Gasteiger partial charge in [0.1, 0.15) is 23.1 Å². The number of carbonyl (C=O) groups excluding carboxylic acids is 2. The van der Waals surface area contributed by atoms with Gasteiger partial charge in [-0.25, -0.2) is 4.39 Å². The molecule has 1 amide bonds. The lowest BCUT2D eigenvalue weighted by atomic mass is 9.95. The van der Waals surface area contributed by atoms with Crippen LogP contribution in [0.1, 0.15) is 36.8 Å². The lowest BCUT2D eigenvalue weighted by Crippen LogP contribution is -2.29. The van der Waals surface area contributed by atoms with E-state index in [9.17, 15) is 19.1 Å². The number of hydrogen-bond donors (Lipinski definition) is 1. The largest absolute Gasteiger partial charge is 0.507 e. The average Bonchev–Trinajstić information content (AvgIpc) is 3.29. The van der Waals surface area contributed by atoms with Crippen molar-refractivity contribution in [2.45, 2.75) is 32.9 Å². The molecular weight excluding hydrogens is 415 g/mol. The summed E-state index contributed by atoms with van der Waals surface area (Å²) in [5, 5.41) is 14.9. The van der Waals surface area contributed by atoms with Crippen LogP contribution in [-0.4, -0.2) is 28.1 Å². The van der Waals surface area contributed by atoms with Crippen molar-refractivity contribution in [3.05, 3.63) is 82.9 Å². The Hall–Kier alpha value is -3.94. The predicted octanol–water partition coefficient (Wildman–Crippen LogP) is 4.54. The van der Waals surface area contributed by atoms with Crippen LogP contribution in [0.15, 0.2) is 64.7 Å². The molecule has 0 bridgehead atoms. The minimum absolute atomic E-state index is 0.0239. The molecule has 0 saturated carbocycles. The maximum absolute atomic E-state index is 13.6. The van der Waals surface area contributed by atoms with Gasteiger partial charge in [0.2, 0.25) is 0 Å². The van der Waals surface area contributed by atoms with E-state index in [1.807, 2.05) is 13.8 Å². The Morgan fingerprint density at radius 3 is 2.34 bits per heavy atom. The summed E-state index contributed by atoms with van der Waals surface area (Å²) in [5.41, 5.74) is 0.648. The number of aryl methyl sites for hydroxylation is 1. The molecule has 1 atom stereocenters. The lowest BCUT2D eigenvalue weighted by Gasteiger charge is -2.22. The maximum Gasteiger partial charge on any atom is 0.301 e. The highest BCUT2D eigenvalue weighted by Crippen LogP contribution is 2.42. The van der Waals surface area contributed by atoms with Gasteiger partial charge in [0.25, 0.3) is 5.78 Å². The highest BCUT2D eigenvalue weighted by atomic mass is 19.1. The second kappa shape index (κ2) is 8.30. The number of Topliss-reactive ketones (excluding diaryl/α,β-unsaturated/α-hetero) is 1. The Labute approximate surface area is 183 Å². The summed E-state index contributed by atoms with van der Waals surface area (Å²) >= 11 is 0. The van der Waals surface area contributed by atoms with Crippen molar-refractivity contribution >= 4 is 23.3 Å². The third-order valence-corrected chi connectivity index (χ3v) is 4.99. The molecule has 1 N–H and O–H groups in total. The molecule has 0 spiro atoms. The maximum atomic E-state index is 13.6. The fraction of sp³-hybridized carbons (Fsp3) is 0.208. The molecule has 2 aromatic carbocycles. The van der Waals surface area contributed by atoms with Gasteiger partial charge in [0.15, 0.2) is 5.82 Å². The van der Waals surface area contributed by atoms with Crippen molar-refractivity contribution in [2.24, 2.45) is 0 Å². The van der Waals surface area contributed by atoms with Crippen LogP contribution < -0.4 is 9.64 Å². The van der Waals surface area contributed by atoms with Crippen molar-refractivity contribution in [1.82, 2.24) is 5.16 Å². The smallest absolute Gasteiger partial charge is 0.301 e. The molecule has 0 aliphatic carbocycles. The van der Waals surface area contributed by atoms with E-state index in [4.69, 9.17) is 9.26 Å². The number of ether oxygens (including phenoxy) is 1. The van der Waals surface area contributed by atoms with Crippen LogP contribution >= 0.6 is 0 Å². The molecule has 32 heavy (non-hydrogen) atoms. The van der Waals surface area contributed by atoms with Crippen LogP contribution in [0.5, 0.6) is 5.75 Å². The number of rotatable bonds is 5. The van der Waals surface area contributed by atoms with Crippen molar-refractivity contribution in [3.63, 3.8) is 0 Å². The number of benzene rings is 2. The number of aromatic nitrogens is 1. The zero-order valence-corrected chi connectivity index (χ0v) is 17.7. The monoisotopic (exact) mass is 436 g/mol. The molecular formula is C24H21FN2O5. The Morgan fingerprint density at radius 2 is 1.78 bits per heavy atom. The van der Waals surface area contributed by atoms with Crippen LogP contribution in [0.2, 0.25) is 0 Å². The highest BCUT2D eigenvalue weighted by molar-refractivity contribution is 6.51. The van der Waals surface area contributed by atoms with E-state index in [1.165, 1.54) is 30.3 Å². The molecule has 1 fully saturated rings. The average molecular weight is 436 g/mol. The molecule has 1 unspecified atom stereocenters. The quantitative estimate of drug-likeness (QED) is 0.359. The van der Waals surface area contributed by atoms with Gasteiger partial charge >= 0.3 is 5.91 Å². The van der Waals surface area contributed by atoms with Gasteiger partial charge in [-0.2, -0.15) is 0 Å². The summed E-state index contributed by atoms with van der Waals surface area (Å²) in [5.74, 6) is -1.39. The number of nitrogens with zero attached hydrogens (tertiary/aromatic N) is 2. The van der Waals surface area contributed by atoms with Crippen molar-refractivity contribution < 1.29 is 28.3 Å².